The molecule has 0 N–H and O–H groups in total. The van der Waals surface area contributed by atoms with Crippen LogP contribution in [0.5, 0.6) is 0 Å². The molecular formula is C62H54N8. The van der Waals surface area contributed by atoms with Crippen molar-refractivity contribution in [3.8, 4) is 56.9 Å². The number of fused-ring (bicyclic) bond motifs is 2. The van der Waals surface area contributed by atoms with Gasteiger partial charge in [0, 0.05) is 45.3 Å². The van der Waals surface area contributed by atoms with Crippen LogP contribution >= 0.6 is 0 Å². The van der Waals surface area contributed by atoms with Crippen molar-refractivity contribution in [3.05, 3.63) is 216 Å². The van der Waals surface area contributed by atoms with E-state index in [1.807, 2.05) is 24.3 Å². The first kappa shape index (κ1) is 44.2. The Labute approximate surface area is 409 Å². The first-order chi connectivity index (χ1) is 34.1. The molecule has 0 saturated carbocycles. The number of benzene rings is 7. The fraction of sp³-hybridized carbons (Fsp3) is 0.161. The third kappa shape index (κ3) is 8.58. The van der Waals surface area contributed by atoms with Gasteiger partial charge in [0.1, 0.15) is 17.5 Å². The lowest BCUT2D eigenvalue weighted by Gasteiger charge is -2.17. The van der Waals surface area contributed by atoms with Gasteiger partial charge in [-0.15, -0.1) is 0 Å². The molecule has 1 atom stereocenters. The summed E-state index contributed by atoms with van der Waals surface area (Å²) in [5.74, 6) is 4.44. The van der Waals surface area contributed by atoms with Crippen molar-refractivity contribution in [1.29, 1.82) is 0 Å². The summed E-state index contributed by atoms with van der Waals surface area (Å²) in [4.78, 5) is 31.0. The highest BCUT2D eigenvalue weighted by Gasteiger charge is 2.22. The second-order valence-corrected chi connectivity index (χ2v) is 18.9. The van der Waals surface area contributed by atoms with Gasteiger partial charge in [-0.25, -0.2) is 24.9 Å². The Kier molecular flexibility index (Phi) is 11.7. The monoisotopic (exact) mass is 910 g/mol. The maximum absolute atomic E-state index is 5.22. The standard InChI is InChI=1S/C62H54N8/c1-39(2)49-16-13-18-51(37-49)69-56-23-11-9-21-54(56)64-61(69)47-33-29-45(30-34-47)59-66-58(44-27-25-43(26-28-44)42(6)63-53-20-8-7-15-41(53)5)67-60(68-59)46-31-35-48(36-32-46)62-65-55-22-10-12-24-57(55)70(62)52-19-14-17-50(38-52)40(3)4/h7-27,29-40,44H,28H2,1-6H3. The van der Waals surface area contributed by atoms with Crippen LogP contribution in [0.1, 0.15) is 81.3 Å². The van der Waals surface area contributed by atoms with E-state index in [1.54, 1.807) is 0 Å². The Hall–Kier alpha value is -8.36. The summed E-state index contributed by atoms with van der Waals surface area (Å²) in [5.41, 5.74) is 16.7. The molecule has 342 valence electrons. The largest absolute Gasteiger partial charge is 0.292 e. The predicted molar refractivity (Wildman–Crippen MR) is 288 cm³/mol. The lowest BCUT2D eigenvalue weighted by molar-refractivity contribution is 0.762. The van der Waals surface area contributed by atoms with Crippen LogP contribution in [0.25, 0.3) is 79.0 Å². The molecule has 0 bridgehead atoms. The second-order valence-electron chi connectivity index (χ2n) is 18.9. The quantitative estimate of drug-likeness (QED) is 0.121. The zero-order valence-electron chi connectivity index (χ0n) is 40.4. The van der Waals surface area contributed by atoms with E-state index in [0.717, 1.165) is 96.3 Å². The average molecular weight is 911 g/mol. The molecule has 0 spiro atoms. The third-order valence-corrected chi connectivity index (χ3v) is 13.4. The zero-order valence-corrected chi connectivity index (χ0v) is 40.4. The highest BCUT2D eigenvalue weighted by molar-refractivity contribution is 6.02. The maximum Gasteiger partial charge on any atom is 0.163 e. The van der Waals surface area contributed by atoms with Gasteiger partial charge in [-0.3, -0.25) is 14.1 Å². The molecule has 3 aromatic heterocycles. The number of para-hydroxylation sites is 5. The summed E-state index contributed by atoms with van der Waals surface area (Å²) in [5, 5.41) is 0. The molecule has 0 aliphatic heterocycles. The van der Waals surface area contributed by atoms with Crippen LogP contribution in [0.3, 0.4) is 0 Å². The van der Waals surface area contributed by atoms with Gasteiger partial charge in [-0.2, -0.15) is 0 Å². The summed E-state index contributed by atoms with van der Waals surface area (Å²) < 4.78 is 4.53. The summed E-state index contributed by atoms with van der Waals surface area (Å²) in [7, 11) is 0. The molecule has 0 saturated heterocycles. The maximum atomic E-state index is 5.22. The fourth-order valence-corrected chi connectivity index (χ4v) is 9.38. The summed E-state index contributed by atoms with van der Waals surface area (Å²) >= 11 is 0. The number of allylic oxidation sites excluding steroid dienone is 4. The van der Waals surface area contributed by atoms with Gasteiger partial charge in [-0.1, -0.05) is 161 Å². The second kappa shape index (κ2) is 18.6. The Balaban J connectivity index is 0.975. The van der Waals surface area contributed by atoms with E-state index in [0.29, 0.717) is 29.3 Å². The Bertz CT molecular complexity index is 3470. The smallest absolute Gasteiger partial charge is 0.163 e. The number of aryl methyl sites for hydroxylation is 1. The van der Waals surface area contributed by atoms with Crippen molar-refractivity contribution >= 4 is 33.5 Å². The number of rotatable bonds is 11. The minimum atomic E-state index is -0.0583. The van der Waals surface area contributed by atoms with Gasteiger partial charge in [-0.05, 0) is 109 Å². The minimum Gasteiger partial charge on any atom is -0.292 e. The summed E-state index contributed by atoms with van der Waals surface area (Å²) in [6.45, 7) is 13.1. The summed E-state index contributed by atoms with van der Waals surface area (Å²) in [6, 6.07) is 59.4. The molecule has 0 amide bonds. The molecule has 1 aliphatic carbocycles. The van der Waals surface area contributed by atoms with E-state index in [2.05, 4.69) is 214 Å². The number of imidazole rings is 2. The SMILES string of the molecule is CC(=Nc1ccccc1C)C1=CCC(c2nc(-c3ccc(-c4nc5ccccc5n4-c4cccc(C(C)C)c4)cc3)nc(-c3ccc(-c4nc5ccccc5n4-c4cccc(C(C)C)c4)cc3)n2)C=C1. The van der Waals surface area contributed by atoms with Crippen molar-refractivity contribution in [2.24, 2.45) is 4.99 Å². The summed E-state index contributed by atoms with van der Waals surface area (Å²) in [6.07, 6.45) is 7.35. The highest BCUT2D eigenvalue weighted by atomic mass is 15.1. The van der Waals surface area contributed by atoms with Crippen LogP contribution in [0.15, 0.2) is 199 Å². The Morgan fingerprint density at radius 2 is 1.01 bits per heavy atom. The molecule has 7 aromatic carbocycles. The van der Waals surface area contributed by atoms with E-state index < -0.39 is 0 Å². The number of aliphatic imine (C=N–C) groups is 1. The molecule has 1 aliphatic rings. The number of aromatic nitrogens is 7. The molecule has 0 fully saturated rings. The molecule has 1 unspecified atom stereocenters. The van der Waals surface area contributed by atoms with Gasteiger partial charge >= 0.3 is 0 Å². The van der Waals surface area contributed by atoms with Crippen molar-refractivity contribution in [3.63, 3.8) is 0 Å². The highest BCUT2D eigenvalue weighted by Crippen LogP contribution is 2.35. The van der Waals surface area contributed by atoms with Crippen LogP contribution in [0.4, 0.5) is 5.69 Å². The van der Waals surface area contributed by atoms with Crippen LogP contribution in [-0.2, 0) is 0 Å². The van der Waals surface area contributed by atoms with Gasteiger partial charge in [0.25, 0.3) is 0 Å². The lowest BCUT2D eigenvalue weighted by atomic mass is 9.94. The molecule has 10 aromatic rings. The zero-order chi connectivity index (χ0) is 47.9. The lowest BCUT2D eigenvalue weighted by Crippen LogP contribution is -2.10. The van der Waals surface area contributed by atoms with Gasteiger partial charge in [0.05, 0.1) is 27.8 Å². The number of hydrogen-bond acceptors (Lipinski definition) is 6. The van der Waals surface area contributed by atoms with E-state index in [-0.39, 0.29) is 5.92 Å². The predicted octanol–water partition coefficient (Wildman–Crippen LogP) is 15.5. The minimum absolute atomic E-state index is 0.0583. The van der Waals surface area contributed by atoms with Crippen LogP contribution in [0.2, 0.25) is 0 Å². The van der Waals surface area contributed by atoms with E-state index >= 15 is 0 Å². The Morgan fingerprint density at radius 1 is 0.529 bits per heavy atom. The normalized spacial score (nSPS) is 14.0. The van der Waals surface area contributed by atoms with E-state index in [9.17, 15) is 0 Å². The van der Waals surface area contributed by atoms with Gasteiger partial charge < -0.3 is 0 Å². The molecule has 8 nitrogen and oxygen atoms in total. The molecule has 70 heavy (non-hydrogen) atoms. The number of hydrogen-bond donors (Lipinski definition) is 0. The van der Waals surface area contributed by atoms with Crippen LogP contribution < -0.4 is 0 Å². The topological polar surface area (TPSA) is 86.7 Å². The molecular weight excluding hydrogens is 857 g/mol. The van der Waals surface area contributed by atoms with Crippen LogP contribution in [-0.4, -0.2) is 39.8 Å². The molecule has 3 heterocycles. The van der Waals surface area contributed by atoms with Crippen molar-refractivity contribution in [2.75, 3.05) is 0 Å². The van der Waals surface area contributed by atoms with Gasteiger partial charge in [0.15, 0.2) is 11.6 Å². The van der Waals surface area contributed by atoms with Gasteiger partial charge in [0.2, 0.25) is 0 Å². The first-order valence-electron chi connectivity index (χ1n) is 24.3. The average Bonchev–Trinajstić information content (AvgIpc) is 3.99. The first-order valence-corrected chi connectivity index (χ1v) is 24.3. The van der Waals surface area contributed by atoms with Crippen LogP contribution in [0, 0.1) is 6.92 Å². The van der Waals surface area contributed by atoms with Crippen molar-refractivity contribution < 1.29 is 0 Å². The van der Waals surface area contributed by atoms with Crippen molar-refractivity contribution in [1.82, 2.24) is 34.1 Å². The molecule has 0 radical (unpaired) electrons. The van der Waals surface area contributed by atoms with Crippen molar-refractivity contribution in [2.45, 2.75) is 65.7 Å². The third-order valence-electron chi connectivity index (χ3n) is 13.4. The molecule has 8 heteroatoms. The number of nitrogens with zero attached hydrogens (tertiary/aromatic N) is 8. The van der Waals surface area contributed by atoms with E-state index in [4.69, 9.17) is 29.9 Å². The Morgan fingerprint density at radius 3 is 1.50 bits per heavy atom. The fourth-order valence-electron chi connectivity index (χ4n) is 9.38. The molecule has 11 rings (SSSR count). The van der Waals surface area contributed by atoms with E-state index in [1.165, 1.54) is 11.1 Å².